The topological polar surface area (TPSA) is 70.2 Å². The quantitative estimate of drug-likeness (QED) is 0.528. The van der Waals surface area contributed by atoms with Crippen molar-refractivity contribution in [2.45, 2.75) is 38.1 Å². The molecular weight excluding hydrogens is 358 g/mol. The van der Waals surface area contributed by atoms with E-state index >= 15 is 0 Å². The van der Waals surface area contributed by atoms with E-state index in [1.165, 1.54) is 7.11 Å². The van der Waals surface area contributed by atoms with E-state index in [9.17, 15) is 14.4 Å². The molecule has 1 spiro atoms. The highest BCUT2D eigenvalue weighted by Gasteiger charge is 2.58. The molecule has 2 aliphatic rings. The Balaban J connectivity index is 1.81. The van der Waals surface area contributed by atoms with Crippen LogP contribution in [0.2, 0.25) is 0 Å². The van der Waals surface area contributed by atoms with E-state index in [4.69, 9.17) is 0 Å². The Hall–Kier alpha value is -2.41. The lowest BCUT2D eigenvalue weighted by molar-refractivity contribution is -0.146. The Labute approximate surface area is 166 Å². The van der Waals surface area contributed by atoms with Gasteiger partial charge < -0.3 is 14.5 Å². The Morgan fingerprint density at radius 1 is 1.11 bits per heavy atom. The average Bonchev–Trinajstić information content (AvgIpc) is 2.90. The molecule has 3 rings (SSSR count). The smallest absolute Gasteiger partial charge is 0.328 e. The summed E-state index contributed by atoms with van der Waals surface area (Å²) in [5.74, 6) is -0.836. The standard InChI is InChI=1S/C21H29N3O4/c1-3-12-22-14-10-21(11-15-22)19(26)23(16-18(25)28-2)20(27)24(21)13-9-17-7-5-4-6-8-17/h4-8H,3,9-16H2,1-2H3. The summed E-state index contributed by atoms with van der Waals surface area (Å²) in [5.41, 5.74) is 0.275. The van der Waals surface area contributed by atoms with Gasteiger partial charge in [-0.25, -0.2) is 4.79 Å². The molecule has 7 nitrogen and oxygen atoms in total. The number of likely N-dealkylation sites (tertiary alicyclic amines) is 1. The maximum absolute atomic E-state index is 13.3. The summed E-state index contributed by atoms with van der Waals surface area (Å²) >= 11 is 0. The minimum Gasteiger partial charge on any atom is -0.468 e. The largest absolute Gasteiger partial charge is 0.468 e. The van der Waals surface area contributed by atoms with Crippen molar-refractivity contribution in [2.75, 3.05) is 39.8 Å². The first-order valence-corrected chi connectivity index (χ1v) is 9.98. The lowest BCUT2D eigenvalue weighted by atomic mass is 9.85. The third-order valence-electron chi connectivity index (χ3n) is 5.83. The number of amides is 3. The molecular formula is C21H29N3O4. The van der Waals surface area contributed by atoms with Crippen molar-refractivity contribution in [1.82, 2.24) is 14.7 Å². The van der Waals surface area contributed by atoms with Gasteiger partial charge in [-0.2, -0.15) is 0 Å². The number of esters is 1. The van der Waals surface area contributed by atoms with Crippen molar-refractivity contribution in [3.05, 3.63) is 35.9 Å². The van der Waals surface area contributed by atoms with E-state index < -0.39 is 11.5 Å². The van der Waals surface area contributed by atoms with Gasteiger partial charge in [0.15, 0.2) is 0 Å². The van der Waals surface area contributed by atoms with E-state index in [2.05, 4.69) is 16.6 Å². The van der Waals surface area contributed by atoms with Crippen LogP contribution in [0.1, 0.15) is 31.7 Å². The second kappa shape index (κ2) is 8.73. The molecule has 3 amide bonds. The highest BCUT2D eigenvalue weighted by atomic mass is 16.5. The summed E-state index contributed by atoms with van der Waals surface area (Å²) in [6, 6.07) is 9.55. The number of urea groups is 1. The Morgan fingerprint density at radius 2 is 1.79 bits per heavy atom. The number of nitrogens with zero attached hydrogens (tertiary/aromatic N) is 3. The molecule has 28 heavy (non-hydrogen) atoms. The molecule has 0 radical (unpaired) electrons. The Morgan fingerprint density at radius 3 is 2.39 bits per heavy atom. The molecule has 1 aromatic rings. The van der Waals surface area contributed by atoms with E-state index in [1.807, 2.05) is 30.3 Å². The van der Waals surface area contributed by atoms with Crippen LogP contribution in [-0.4, -0.2) is 78.0 Å². The monoisotopic (exact) mass is 387 g/mol. The summed E-state index contributed by atoms with van der Waals surface area (Å²) in [7, 11) is 1.26. The summed E-state index contributed by atoms with van der Waals surface area (Å²) in [5, 5.41) is 0. The minimum atomic E-state index is -0.843. The van der Waals surface area contributed by atoms with Gasteiger partial charge in [0.05, 0.1) is 7.11 Å². The number of benzene rings is 1. The molecule has 2 fully saturated rings. The molecule has 1 aromatic carbocycles. The molecule has 0 atom stereocenters. The van der Waals surface area contributed by atoms with Gasteiger partial charge in [0.2, 0.25) is 0 Å². The Kier molecular flexibility index (Phi) is 6.34. The van der Waals surface area contributed by atoms with Crippen LogP contribution in [0.15, 0.2) is 30.3 Å². The lowest BCUT2D eigenvalue weighted by Crippen LogP contribution is -2.57. The van der Waals surface area contributed by atoms with Gasteiger partial charge in [0.1, 0.15) is 12.1 Å². The molecule has 152 valence electrons. The molecule has 0 unspecified atom stereocenters. The number of imide groups is 1. The average molecular weight is 387 g/mol. The van der Waals surface area contributed by atoms with Gasteiger partial charge in [0.25, 0.3) is 5.91 Å². The zero-order valence-electron chi connectivity index (χ0n) is 16.7. The summed E-state index contributed by atoms with van der Waals surface area (Å²) < 4.78 is 4.69. The van der Waals surface area contributed by atoms with Crippen LogP contribution in [0.25, 0.3) is 0 Å². The first kappa shape index (κ1) is 20.3. The van der Waals surface area contributed by atoms with Gasteiger partial charge in [0, 0.05) is 19.6 Å². The minimum absolute atomic E-state index is 0.257. The second-order valence-electron chi connectivity index (χ2n) is 7.51. The first-order valence-electron chi connectivity index (χ1n) is 9.98. The van der Waals surface area contributed by atoms with E-state index in [0.29, 0.717) is 25.8 Å². The summed E-state index contributed by atoms with van der Waals surface area (Å²) in [6.07, 6.45) is 2.94. The summed E-state index contributed by atoms with van der Waals surface area (Å²) in [4.78, 5) is 43.2. The zero-order chi connectivity index (χ0) is 20.1. The second-order valence-corrected chi connectivity index (χ2v) is 7.51. The third kappa shape index (κ3) is 3.90. The van der Waals surface area contributed by atoms with Crippen LogP contribution in [0.3, 0.4) is 0 Å². The highest BCUT2D eigenvalue weighted by Crippen LogP contribution is 2.37. The highest BCUT2D eigenvalue weighted by molar-refractivity contribution is 6.08. The maximum atomic E-state index is 13.3. The van der Waals surface area contributed by atoms with E-state index in [0.717, 1.165) is 36.5 Å². The van der Waals surface area contributed by atoms with E-state index in [1.54, 1.807) is 4.90 Å². The molecule has 0 saturated carbocycles. The molecule has 0 N–H and O–H groups in total. The number of rotatable bonds is 7. The predicted octanol–water partition coefficient (Wildman–Crippen LogP) is 1.91. The van der Waals surface area contributed by atoms with Crippen molar-refractivity contribution >= 4 is 17.9 Å². The van der Waals surface area contributed by atoms with Crippen molar-refractivity contribution in [3.63, 3.8) is 0 Å². The van der Waals surface area contributed by atoms with Crippen LogP contribution in [0.5, 0.6) is 0 Å². The van der Waals surface area contributed by atoms with Crippen molar-refractivity contribution in [3.8, 4) is 0 Å². The number of carbonyl (C=O) groups is 3. The number of hydrogen-bond acceptors (Lipinski definition) is 5. The zero-order valence-corrected chi connectivity index (χ0v) is 16.7. The first-order chi connectivity index (χ1) is 13.5. The predicted molar refractivity (Wildman–Crippen MR) is 105 cm³/mol. The Bertz CT molecular complexity index is 714. The normalized spacial score (nSPS) is 19.5. The third-order valence-corrected chi connectivity index (χ3v) is 5.83. The van der Waals surface area contributed by atoms with Crippen LogP contribution >= 0.6 is 0 Å². The van der Waals surface area contributed by atoms with Crippen molar-refractivity contribution in [2.24, 2.45) is 0 Å². The maximum Gasteiger partial charge on any atom is 0.328 e. The van der Waals surface area contributed by atoms with Crippen molar-refractivity contribution in [1.29, 1.82) is 0 Å². The van der Waals surface area contributed by atoms with Crippen LogP contribution in [0.4, 0.5) is 4.79 Å². The van der Waals surface area contributed by atoms with Gasteiger partial charge >= 0.3 is 12.0 Å². The van der Waals surface area contributed by atoms with Gasteiger partial charge in [-0.15, -0.1) is 0 Å². The van der Waals surface area contributed by atoms with Crippen LogP contribution in [-0.2, 0) is 20.7 Å². The summed E-state index contributed by atoms with van der Waals surface area (Å²) in [6.45, 7) is 4.82. The number of hydrogen-bond donors (Lipinski definition) is 0. The number of methoxy groups -OCH3 is 1. The number of ether oxygens (including phenoxy) is 1. The lowest BCUT2D eigenvalue weighted by Gasteiger charge is -2.42. The molecule has 2 aliphatic heterocycles. The van der Waals surface area contributed by atoms with Crippen molar-refractivity contribution < 1.29 is 19.1 Å². The molecule has 0 aliphatic carbocycles. The molecule has 0 aromatic heterocycles. The fraction of sp³-hybridized carbons (Fsp3) is 0.571. The van der Waals surface area contributed by atoms with Crippen LogP contribution < -0.4 is 0 Å². The fourth-order valence-electron chi connectivity index (χ4n) is 4.26. The van der Waals surface area contributed by atoms with E-state index in [-0.39, 0.29) is 18.5 Å². The molecule has 2 saturated heterocycles. The molecule has 7 heteroatoms. The van der Waals surface area contributed by atoms with Gasteiger partial charge in [-0.3, -0.25) is 14.5 Å². The molecule has 2 heterocycles. The fourth-order valence-corrected chi connectivity index (χ4v) is 4.26. The number of carbonyl (C=O) groups excluding carboxylic acids is 3. The number of piperidine rings is 1. The SMILES string of the molecule is CCCN1CCC2(CC1)C(=O)N(CC(=O)OC)C(=O)N2CCc1ccccc1. The van der Waals surface area contributed by atoms with Gasteiger partial charge in [-0.1, -0.05) is 37.3 Å². The molecule has 0 bridgehead atoms. The van der Waals surface area contributed by atoms with Crippen LogP contribution in [0, 0.1) is 0 Å². The van der Waals surface area contributed by atoms with Gasteiger partial charge in [-0.05, 0) is 37.8 Å².